The standard InChI is InChI=1S/C22H21N3O2/c1-14-24(21-17-8-4-2-6-15(17)10-12-19(21)23-26)20-13-11-16-7-3-5-9-18(16)22(20)25(14)27/h2-9,21,26H,10-13H2,1H3/b23-19+. The lowest BCUT2D eigenvalue weighted by atomic mass is 9.85. The zero-order valence-electron chi connectivity index (χ0n) is 15.2. The van der Waals surface area contributed by atoms with Crippen LogP contribution in [0.4, 0.5) is 0 Å². The highest BCUT2D eigenvalue weighted by molar-refractivity contribution is 5.92. The number of rotatable bonds is 1. The van der Waals surface area contributed by atoms with Gasteiger partial charge >= 0.3 is 0 Å². The first-order chi connectivity index (χ1) is 13.2. The molecule has 1 unspecified atom stereocenters. The third kappa shape index (κ3) is 2.24. The van der Waals surface area contributed by atoms with Crippen LogP contribution in [0.15, 0.2) is 53.7 Å². The first kappa shape index (κ1) is 16.1. The maximum atomic E-state index is 13.1. The van der Waals surface area contributed by atoms with Gasteiger partial charge in [-0.1, -0.05) is 53.7 Å². The van der Waals surface area contributed by atoms with Crippen molar-refractivity contribution in [1.29, 1.82) is 0 Å². The summed E-state index contributed by atoms with van der Waals surface area (Å²) < 4.78 is 3.16. The SMILES string of the molecule is Cc1n(C2/C(=N/O)CCc3ccccc32)c2c([n+]1[O-])-c1ccccc1CC2. The first-order valence-corrected chi connectivity index (χ1v) is 9.41. The predicted molar refractivity (Wildman–Crippen MR) is 103 cm³/mol. The average Bonchev–Trinajstić information content (AvgIpc) is 2.97. The molecule has 5 heteroatoms. The predicted octanol–water partition coefficient (Wildman–Crippen LogP) is 3.56. The number of imidazole rings is 1. The molecule has 0 bridgehead atoms. The Morgan fingerprint density at radius 2 is 1.70 bits per heavy atom. The Labute approximate surface area is 157 Å². The van der Waals surface area contributed by atoms with Gasteiger partial charge in [-0.15, -0.1) is 0 Å². The number of hydrogen-bond donors (Lipinski definition) is 1. The van der Waals surface area contributed by atoms with Crippen molar-refractivity contribution < 1.29 is 9.94 Å². The number of benzene rings is 2. The lowest BCUT2D eigenvalue weighted by Gasteiger charge is -2.26. The average molecular weight is 359 g/mol. The number of hydrogen-bond acceptors (Lipinski definition) is 3. The van der Waals surface area contributed by atoms with Gasteiger partial charge < -0.3 is 10.4 Å². The Morgan fingerprint density at radius 3 is 2.52 bits per heavy atom. The monoisotopic (exact) mass is 359 g/mol. The smallest absolute Gasteiger partial charge is 0.257 e. The van der Waals surface area contributed by atoms with E-state index in [0.717, 1.165) is 46.5 Å². The van der Waals surface area contributed by atoms with Crippen molar-refractivity contribution in [2.75, 3.05) is 0 Å². The summed E-state index contributed by atoms with van der Waals surface area (Å²) >= 11 is 0. The molecule has 1 atom stereocenters. The van der Waals surface area contributed by atoms with Gasteiger partial charge in [-0.25, -0.2) is 9.30 Å². The molecule has 27 heavy (non-hydrogen) atoms. The van der Waals surface area contributed by atoms with Crippen LogP contribution in [0, 0.1) is 12.1 Å². The molecule has 2 aliphatic carbocycles. The molecule has 5 rings (SSSR count). The van der Waals surface area contributed by atoms with Gasteiger partial charge in [0.05, 0.1) is 0 Å². The molecule has 0 saturated heterocycles. The van der Waals surface area contributed by atoms with Crippen LogP contribution in [-0.2, 0) is 19.3 Å². The Hall–Kier alpha value is -3.08. The van der Waals surface area contributed by atoms with Crippen molar-refractivity contribution in [2.45, 2.75) is 38.6 Å². The van der Waals surface area contributed by atoms with Crippen LogP contribution in [0.25, 0.3) is 11.3 Å². The molecule has 136 valence electrons. The first-order valence-electron chi connectivity index (χ1n) is 9.41. The van der Waals surface area contributed by atoms with Crippen LogP contribution in [0.1, 0.15) is 40.7 Å². The third-order valence-corrected chi connectivity index (χ3v) is 6.02. The van der Waals surface area contributed by atoms with Crippen molar-refractivity contribution in [3.8, 4) is 11.3 Å². The third-order valence-electron chi connectivity index (χ3n) is 6.02. The molecule has 3 aromatic rings. The second kappa shape index (κ2) is 5.98. The highest BCUT2D eigenvalue weighted by Gasteiger charge is 2.39. The fourth-order valence-electron chi connectivity index (χ4n) is 4.76. The molecule has 1 N–H and O–H groups in total. The fraction of sp³-hybridized carbons (Fsp3) is 0.273. The number of fused-ring (bicyclic) bond motifs is 4. The van der Waals surface area contributed by atoms with E-state index in [1.54, 1.807) is 0 Å². The zero-order chi connectivity index (χ0) is 18.5. The summed E-state index contributed by atoms with van der Waals surface area (Å²) in [7, 11) is 0. The van der Waals surface area contributed by atoms with E-state index in [9.17, 15) is 10.4 Å². The minimum absolute atomic E-state index is 0.228. The quantitative estimate of drug-likeness (QED) is 0.312. The maximum absolute atomic E-state index is 13.1. The zero-order valence-corrected chi connectivity index (χ0v) is 15.2. The van der Waals surface area contributed by atoms with Gasteiger partial charge in [0.2, 0.25) is 0 Å². The Morgan fingerprint density at radius 1 is 1.00 bits per heavy atom. The highest BCUT2D eigenvalue weighted by atomic mass is 16.5. The number of nitrogens with zero attached hydrogens (tertiary/aromatic N) is 3. The second-order valence-electron chi connectivity index (χ2n) is 7.36. The van der Waals surface area contributed by atoms with Gasteiger partial charge in [0, 0.05) is 24.5 Å². The Bertz CT molecular complexity index is 1080. The lowest BCUT2D eigenvalue weighted by molar-refractivity contribution is -0.601. The van der Waals surface area contributed by atoms with Gasteiger partial charge in [0.1, 0.15) is 5.71 Å². The van der Waals surface area contributed by atoms with Gasteiger partial charge in [-0.3, -0.25) is 0 Å². The summed E-state index contributed by atoms with van der Waals surface area (Å²) in [4.78, 5) is 0. The summed E-state index contributed by atoms with van der Waals surface area (Å²) in [6.45, 7) is 1.86. The van der Waals surface area contributed by atoms with E-state index >= 15 is 0 Å². The van der Waals surface area contributed by atoms with Gasteiger partial charge in [-0.05, 0) is 30.4 Å². The van der Waals surface area contributed by atoms with Crippen LogP contribution < -0.4 is 4.73 Å². The summed E-state index contributed by atoms with van der Waals surface area (Å²) in [5.41, 5.74) is 7.10. The van der Waals surface area contributed by atoms with E-state index in [1.807, 2.05) is 37.3 Å². The fourth-order valence-corrected chi connectivity index (χ4v) is 4.76. The molecule has 5 nitrogen and oxygen atoms in total. The summed E-state index contributed by atoms with van der Waals surface area (Å²) in [5, 5.41) is 26.5. The molecule has 0 radical (unpaired) electrons. The van der Waals surface area contributed by atoms with E-state index in [2.05, 4.69) is 27.9 Å². The molecular weight excluding hydrogens is 338 g/mol. The molecule has 0 aliphatic heterocycles. The van der Waals surface area contributed by atoms with E-state index in [-0.39, 0.29) is 6.04 Å². The molecular formula is C22H21N3O2. The van der Waals surface area contributed by atoms with Crippen LogP contribution in [0.2, 0.25) is 0 Å². The van der Waals surface area contributed by atoms with E-state index in [1.165, 1.54) is 11.1 Å². The minimum Gasteiger partial charge on any atom is -0.710 e. The van der Waals surface area contributed by atoms with E-state index < -0.39 is 0 Å². The molecule has 0 saturated carbocycles. The molecule has 0 amide bonds. The molecule has 1 aromatic heterocycles. The largest absolute Gasteiger partial charge is 0.710 e. The maximum Gasteiger partial charge on any atom is 0.257 e. The summed E-state index contributed by atoms with van der Waals surface area (Å²) in [5.74, 6) is 0.638. The number of oxime groups is 1. The van der Waals surface area contributed by atoms with Gasteiger partial charge in [-0.2, -0.15) is 0 Å². The Kier molecular flexibility index (Phi) is 3.57. The number of aryl methyl sites for hydroxylation is 2. The van der Waals surface area contributed by atoms with E-state index in [4.69, 9.17) is 0 Å². The Balaban J connectivity index is 1.79. The van der Waals surface area contributed by atoms with Crippen LogP contribution in [0.5, 0.6) is 0 Å². The normalized spacial score (nSPS) is 19.4. The van der Waals surface area contributed by atoms with Crippen LogP contribution >= 0.6 is 0 Å². The van der Waals surface area contributed by atoms with Crippen molar-refractivity contribution in [3.05, 3.63) is 81.9 Å². The molecule has 0 fully saturated rings. The second-order valence-corrected chi connectivity index (χ2v) is 7.36. The van der Waals surface area contributed by atoms with Crippen molar-refractivity contribution in [2.24, 2.45) is 5.16 Å². The summed E-state index contributed by atoms with van der Waals surface area (Å²) in [6.07, 6.45) is 3.27. The molecule has 0 spiro atoms. The van der Waals surface area contributed by atoms with Crippen LogP contribution in [-0.4, -0.2) is 15.5 Å². The summed E-state index contributed by atoms with van der Waals surface area (Å²) in [6, 6.07) is 16.2. The molecule has 2 aliphatic rings. The molecule has 1 heterocycles. The topological polar surface area (TPSA) is 64.5 Å². The van der Waals surface area contributed by atoms with Crippen LogP contribution in [0.3, 0.4) is 0 Å². The van der Waals surface area contributed by atoms with Crippen molar-refractivity contribution in [1.82, 2.24) is 4.57 Å². The van der Waals surface area contributed by atoms with Gasteiger partial charge in [0.25, 0.3) is 5.82 Å². The minimum atomic E-state index is -0.228. The van der Waals surface area contributed by atoms with Crippen molar-refractivity contribution >= 4 is 5.71 Å². The van der Waals surface area contributed by atoms with Gasteiger partial charge in [0.15, 0.2) is 17.4 Å². The van der Waals surface area contributed by atoms with E-state index in [0.29, 0.717) is 18.0 Å². The highest BCUT2D eigenvalue weighted by Crippen LogP contribution is 2.38. The number of aromatic nitrogens is 2. The van der Waals surface area contributed by atoms with Crippen molar-refractivity contribution in [3.63, 3.8) is 0 Å². The lowest BCUT2D eigenvalue weighted by Crippen LogP contribution is -2.34. The molecule has 2 aromatic carbocycles.